The fourth-order valence-corrected chi connectivity index (χ4v) is 3.20. The van der Waals surface area contributed by atoms with E-state index in [0.29, 0.717) is 6.04 Å². The lowest BCUT2D eigenvalue weighted by molar-refractivity contribution is 0.306. The van der Waals surface area contributed by atoms with E-state index in [9.17, 15) is 0 Å². The summed E-state index contributed by atoms with van der Waals surface area (Å²) in [6.45, 7) is 1.99. The third-order valence-electron chi connectivity index (χ3n) is 4.00. The Morgan fingerprint density at radius 3 is 2.79 bits per heavy atom. The summed E-state index contributed by atoms with van der Waals surface area (Å²) in [5.41, 5.74) is 7.64. The molecule has 2 fully saturated rings. The zero-order valence-corrected chi connectivity index (χ0v) is 8.61. The first-order valence-corrected chi connectivity index (χ1v) is 5.55. The molecule has 0 aromatic carbocycles. The molecule has 2 bridgehead atoms. The van der Waals surface area contributed by atoms with E-state index < -0.39 is 0 Å². The van der Waals surface area contributed by atoms with Gasteiger partial charge in [0.25, 0.3) is 0 Å². The molecule has 76 valence electrons. The van der Waals surface area contributed by atoms with E-state index in [2.05, 4.69) is 9.78 Å². The van der Waals surface area contributed by atoms with Crippen molar-refractivity contribution in [2.75, 3.05) is 5.73 Å². The largest absolute Gasteiger partial charge is 0.396 e. The van der Waals surface area contributed by atoms with Gasteiger partial charge in [0, 0.05) is 6.20 Å². The van der Waals surface area contributed by atoms with E-state index >= 15 is 0 Å². The lowest BCUT2D eigenvalue weighted by Gasteiger charge is -2.21. The van der Waals surface area contributed by atoms with Gasteiger partial charge in [-0.15, -0.1) is 0 Å². The molecule has 1 heterocycles. The molecule has 3 unspecified atom stereocenters. The fourth-order valence-electron chi connectivity index (χ4n) is 3.20. The second-order valence-electron chi connectivity index (χ2n) is 4.89. The van der Waals surface area contributed by atoms with Gasteiger partial charge in [0.2, 0.25) is 0 Å². The van der Waals surface area contributed by atoms with Crippen LogP contribution in [0.25, 0.3) is 0 Å². The quantitative estimate of drug-likeness (QED) is 0.739. The minimum Gasteiger partial charge on any atom is -0.396 e. The Hall–Kier alpha value is -0.990. The Balaban J connectivity index is 1.89. The number of nitrogens with two attached hydrogens (primary N) is 1. The van der Waals surface area contributed by atoms with Crippen molar-refractivity contribution in [2.24, 2.45) is 11.8 Å². The van der Waals surface area contributed by atoms with Crippen LogP contribution in [0.5, 0.6) is 0 Å². The number of hydrogen-bond donors (Lipinski definition) is 1. The van der Waals surface area contributed by atoms with Crippen molar-refractivity contribution in [3.63, 3.8) is 0 Å². The number of aromatic nitrogens is 2. The molecular formula is C11H17N3. The van der Waals surface area contributed by atoms with Crippen molar-refractivity contribution in [1.82, 2.24) is 9.78 Å². The van der Waals surface area contributed by atoms with Crippen LogP contribution >= 0.6 is 0 Å². The predicted octanol–water partition coefficient (Wildman–Crippen LogP) is 2.13. The Morgan fingerprint density at radius 1 is 1.43 bits per heavy atom. The zero-order chi connectivity index (χ0) is 9.71. The highest BCUT2D eigenvalue weighted by Gasteiger charge is 2.40. The molecule has 3 nitrogen and oxygen atoms in total. The van der Waals surface area contributed by atoms with E-state index in [1.807, 2.05) is 13.1 Å². The maximum atomic E-state index is 5.82. The van der Waals surface area contributed by atoms with E-state index in [0.717, 1.165) is 23.2 Å². The van der Waals surface area contributed by atoms with Gasteiger partial charge < -0.3 is 5.73 Å². The summed E-state index contributed by atoms with van der Waals surface area (Å²) in [6.07, 6.45) is 7.60. The average molecular weight is 191 g/mol. The molecule has 0 aliphatic heterocycles. The number of nitrogens with zero attached hydrogens (tertiary/aromatic N) is 2. The zero-order valence-electron chi connectivity index (χ0n) is 8.61. The van der Waals surface area contributed by atoms with Gasteiger partial charge in [0.05, 0.1) is 17.4 Å². The fraction of sp³-hybridized carbons (Fsp3) is 0.727. The van der Waals surface area contributed by atoms with Gasteiger partial charge in [-0.25, -0.2) is 0 Å². The second-order valence-corrected chi connectivity index (χ2v) is 4.89. The molecule has 0 saturated heterocycles. The number of hydrogen-bond acceptors (Lipinski definition) is 2. The minimum atomic E-state index is 0.643. The van der Waals surface area contributed by atoms with Crippen molar-refractivity contribution >= 4 is 5.69 Å². The molecular weight excluding hydrogens is 174 g/mol. The number of anilines is 1. The molecule has 2 aliphatic rings. The van der Waals surface area contributed by atoms with Crippen LogP contribution in [-0.4, -0.2) is 9.78 Å². The Morgan fingerprint density at radius 2 is 2.29 bits per heavy atom. The van der Waals surface area contributed by atoms with E-state index in [1.165, 1.54) is 25.7 Å². The summed E-state index contributed by atoms with van der Waals surface area (Å²) in [7, 11) is 0. The highest BCUT2D eigenvalue weighted by atomic mass is 15.3. The van der Waals surface area contributed by atoms with Gasteiger partial charge in [0.15, 0.2) is 0 Å². The van der Waals surface area contributed by atoms with E-state index in [4.69, 9.17) is 5.73 Å². The third-order valence-corrected chi connectivity index (χ3v) is 4.00. The molecule has 3 heteroatoms. The van der Waals surface area contributed by atoms with Crippen LogP contribution < -0.4 is 5.73 Å². The summed E-state index contributed by atoms with van der Waals surface area (Å²) < 4.78 is 2.12. The Bertz CT molecular complexity index is 336. The Labute approximate surface area is 84.3 Å². The summed E-state index contributed by atoms with van der Waals surface area (Å²) in [5.74, 6) is 1.84. The first-order chi connectivity index (χ1) is 6.74. The van der Waals surface area contributed by atoms with Gasteiger partial charge in [-0.1, -0.05) is 6.42 Å². The van der Waals surface area contributed by atoms with Gasteiger partial charge in [-0.2, -0.15) is 5.10 Å². The van der Waals surface area contributed by atoms with Crippen LogP contribution in [0.2, 0.25) is 0 Å². The SMILES string of the molecule is Cc1nn(C2CC3CCC2C3)cc1N. The van der Waals surface area contributed by atoms with Crippen LogP contribution in [0.3, 0.4) is 0 Å². The summed E-state index contributed by atoms with van der Waals surface area (Å²) in [6, 6.07) is 0.643. The van der Waals surface area contributed by atoms with Crippen LogP contribution in [-0.2, 0) is 0 Å². The molecule has 0 spiro atoms. The molecule has 2 saturated carbocycles. The van der Waals surface area contributed by atoms with E-state index in [-0.39, 0.29) is 0 Å². The molecule has 1 aromatic rings. The molecule has 0 amide bonds. The molecule has 0 radical (unpaired) electrons. The molecule has 3 rings (SSSR count). The smallest absolute Gasteiger partial charge is 0.0823 e. The Kier molecular flexibility index (Phi) is 1.64. The van der Waals surface area contributed by atoms with Crippen molar-refractivity contribution in [3.05, 3.63) is 11.9 Å². The van der Waals surface area contributed by atoms with Crippen LogP contribution in [0.4, 0.5) is 5.69 Å². The molecule has 2 N–H and O–H groups in total. The van der Waals surface area contributed by atoms with Gasteiger partial charge in [0.1, 0.15) is 0 Å². The lowest BCUT2D eigenvalue weighted by Crippen LogP contribution is -2.16. The predicted molar refractivity (Wildman–Crippen MR) is 55.9 cm³/mol. The van der Waals surface area contributed by atoms with Crippen molar-refractivity contribution in [3.8, 4) is 0 Å². The highest BCUT2D eigenvalue weighted by Crippen LogP contribution is 2.50. The first kappa shape index (κ1) is 8.33. The standard InChI is InChI=1S/C11H17N3/c1-7-10(12)6-14(13-7)11-5-8-2-3-9(11)4-8/h6,8-9,11H,2-5,12H2,1H3. The van der Waals surface area contributed by atoms with Crippen LogP contribution in [0, 0.1) is 18.8 Å². The van der Waals surface area contributed by atoms with Crippen LogP contribution in [0.15, 0.2) is 6.20 Å². The highest BCUT2D eigenvalue weighted by molar-refractivity contribution is 5.39. The average Bonchev–Trinajstić information content (AvgIpc) is 2.82. The number of rotatable bonds is 1. The van der Waals surface area contributed by atoms with Gasteiger partial charge in [-0.3, -0.25) is 4.68 Å². The first-order valence-electron chi connectivity index (χ1n) is 5.55. The van der Waals surface area contributed by atoms with Crippen molar-refractivity contribution < 1.29 is 0 Å². The normalized spacial score (nSPS) is 35.4. The van der Waals surface area contributed by atoms with Crippen molar-refractivity contribution in [1.29, 1.82) is 0 Å². The monoisotopic (exact) mass is 191 g/mol. The number of nitrogen functional groups attached to an aromatic ring is 1. The molecule has 2 aliphatic carbocycles. The molecule has 14 heavy (non-hydrogen) atoms. The number of fused-ring (bicyclic) bond motifs is 2. The molecule has 1 aromatic heterocycles. The van der Waals surface area contributed by atoms with Gasteiger partial charge in [-0.05, 0) is 38.0 Å². The maximum absolute atomic E-state index is 5.82. The van der Waals surface area contributed by atoms with Crippen LogP contribution in [0.1, 0.15) is 37.4 Å². The van der Waals surface area contributed by atoms with Crippen molar-refractivity contribution in [2.45, 2.75) is 38.6 Å². The van der Waals surface area contributed by atoms with E-state index in [1.54, 1.807) is 0 Å². The van der Waals surface area contributed by atoms with Gasteiger partial charge >= 0.3 is 0 Å². The third kappa shape index (κ3) is 1.08. The number of aryl methyl sites for hydroxylation is 1. The summed E-state index contributed by atoms with van der Waals surface area (Å²) in [5, 5.41) is 4.50. The lowest BCUT2D eigenvalue weighted by atomic mass is 9.96. The maximum Gasteiger partial charge on any atom is 0.0823 e. The molecule has 3 atom stereocenters. The topological polar surface area (TPSA) is 43.8 Å². The summed E-state index contributed by atoms with van der Waals surface area (Å²) in [4.78, 5) is 0. The minimum absolute atomic E-state index is 0.643. The summed E-state index contributed by atoms with van der Waals surface area (Å²) >= 11 is 0. The second kappa shape index (κ2) is 2.75.